The van der Waals surface area contributed by atoms with E-state index in [9.17, 15) is 14.7 Å². The van der Waals surface area contributed by atoms with E-state index in [2.05, 4.69) is 13.0 Å². The lowest BCUT2D eigenvalue weighted by molar-refractivity contribution is -0.186. The fourth-order valence-corrected chi connectivity index (χ4v) is 5.34. The van der Waals surface area contributed by atoms with Gasteiger partial charge in [-0.1, -0.05) is 32.1 Å². The highest BCUT2D eigenvalue weighted by atomic mass is 16.5. The van der Waals surface area contributed by atoms with E-state index in [1.54, 1.807) is 18.6 Å². The first-order valence-corrected chi connectivity index (χ1v) is 8.71. The van der Waals surface area contributed by atoms with Crippen molar-refractivity contribution in [1.82, 2.24) is 0 Å². The normalized spacial score (nSPS) is 39.8. The van der Waals surface area contributed by atoms with Crippen molar-refractivity contribution in [1.29, 1.82) is 0 Å². The van der Waals surface area contributed by atoms with Crippen LogP contribution in [0.5, 0.6) is 0 Å². The second-order valence-corrected chi connectivity index (χ2v) is 7.95. The predicted octanol–water partition coefficient (Wildman–Crippen LogP) is 3.89. The number of carbonyl (C=O) groups excluding carboxylic acids is 1. The Labute approximate surface area is 146 Å². The number of furan rings is 1. The molecule has 0 unspecified atom stereocenters. The first kappa shape index (κ1) is 16.2. The zero-order valence-corrected chi connectivity index (χ0v) is 14.4. The molecule has 2 fully saturated rings. The smallest absolute Gasteiger partial charge is 0.332 e. The van der Waals surface area contributed by atoms with Crippen LogP contribution in [0.25, 0.3) is 0 Å². The number of esters is 1. The van der Waals surface area contributed by atoms with E-state index in [0.717, 1.165) is 5.56 Å². The number of hydrogen-bond acceptors (Lipinski definition) is 4. The van der Waals surface area contributed by atoms with Crippen molar-refractivity contribution in [3.05, 3.63) is 48.0 Å². The molecule has 0 amide bonds. The van der Waals surface area contributed by atoms with Gasteiger partial charge in [0, 0.05) is 16.6 Å². The molecule has 0 spiro atoms. The molecule has 2 heterocycles. The Morgan fingerprint density at radius 3 is 2.84 bits per heavy atom. The summed E-state index contributed by atoms with van der Waals surface area (Å²) in [7, 11) is 0. The van der Waals surface area contributed by atoms with Crippen LogP contribution >= 0.6 is 0 Å². The number of aliphatic carboxylic acids is 1. The van der Waals surface area contributed by atoms with Gasteiger partial charge in [-0.2, -0.15) is 0 Å². The van der Waals surface area contributed by atoms with E-state index in [0.29, 0.717) is 24.8 Å². The molecular weight excluding hydrogens is 320 g/mol. The first-order chi connectivity index (χ1) is 11.9. The highest BCUT2D eigenvalue weighted by molar-refractivity contribution is 5.89. The van der Waals surface area contributed by atoms with E-state index < -0.39 is 11.4 Å². The summed E-state index contributed by atoms with van der Waals surface area (Å²) < 4.78 is 10.9. The quantitative estimate of drug-likeness (QED) is 0.825. The molecule has 25 heavy (non-hydrogen) atoms. The van der Waals surface area contributed by atoms with Crippen LogP contribution in [0.15, 0.2) is 46.8 Å². The van der Waals surface area contributed by atoms with Gasteiger partial charge in [-0.3, -0.25) is 4.79 Å². The third-order valence-corrected chi connectivity index (χ3v) is 6.64. The van der Waals surface area contributed by atoms with Crippen LogP contribution in [0.1, 0.15) is 44.8 Å². The highest BCUT2D eigenvalue weighted by Crippen LogP contribution is 2.63. The Bertz CT molecular complexity index is 774. The molecule has 0 aromatic carbocycles. The van der Waals surface area contributed by atoms with Crippen LogP contribution in [-0.2, 0) is 14.3 Å². The van der Waals surface area contributed by atoms with Crippen molar-refractivity contribution in [2.75, 3.05) is 0 Å². The zero-order valence-electron chi connectivity index (χ0n) is 14.4. The van der Waals surface area contributed by atoms with Crippen molar-refractivity contribution in [3.8, 4) is 0 Å². The van der Waals surface area contributed by atoms with Crippen LogP contribution in [0.4, 0.5) is 0 Å². The average molecular weight is 342 g/mol. The van der Waals surface area contributed by atoms with Crippen molar-refractivity contribution in [3.63, 3.8) is 0 Å². The summed E-state index contributed by atoms with van der Waals surface area (Å²) in [6.45, 7) is 4.14. The summed E-state index contributed by atoms with van der Waals surface area (Å²) >= 11 is 0. The number of fused-ring (bicyclic) bond motifs is 3. The summed E-state index contributed by atoms with van der Waals surface area (Å²) in [6.07, 6.45) is 10.5. The van der Waals surface area contributed by atoms with Crippen LogP contribution in [0, 0.1) is 22.7 Å². The van der Waals surface area contributed by atoms with Gasteiger partial charge in [-0.15, -0.1) is 0 Å². The van der Waals surface area contributed by atoms with Crippen molar-refractivity contribution < 1.29 is 23.8 Å². The largest absolute Gasteiger partial charge is 0.478 e. The predicted molar refractivity (Wildman–Crippen MR) is 89.4 cm³/mol. The summed E-state index contributed by atoms with van der Waals surface area (Å²) in [6, 6.07) is 1.82. The maximum Gasteiger partial charge on any atom is 0.332 e. The molecular formula is C20H22O5. The Morgan fingerprint density at radius 2 is 2.16 bits per heavy atom. The number of hydrogen-bond donors (Lipinski definition) is 1. The van der Waals surface area contributed by atoms with Crippen LogP contribution in [0.2, 0.25) is 0 Å². The van der Waals surface area contributed by atoms with Crippen molar-refractivity contribution >= 4 is 11.9 Å². The third-order valence-electron chi connectivity index (χ3n) is 6.64. The molecule has 5 nitrogen and oxygen atoms in total. The Kier molecular flexibility index (Phi) is 3.46. The topological polar surface area (TPSA) is 76.7 Å². The van der Waals surface area contributed by atoms with Crippen LogP contribution < -0.4 is 0 Å². The molecule has 1 saturated heterocycles. The zero-order chi connectivity index (χ0) is 17.8. The maximum atomic E-state index is 12.7. The Morgan fingerprint density at radius 1 is 1.36 bits per heavy atom. The number of rotatable bonds is 2. The van der Waals surface area contributed by atoms with Crippen molar-refractivity contribution in [2.45, 2.75) is 39.2 Å². The van der Waals surface area contributed by atoms with Crippen molar-refractivity contribution in [2.24, 2.45) is 22.7 Å². The summed E-state index contributed by atoms with van der Waals surface area (Å²) in [5.41, 5.74) is 0.479. The molecule has 132 valence electrons. The molecule has 2 aliphatic carbocycles. The molecule has 1 aromatic heterocycles. The van der Waals surface area contributed by atoms with E-state index in [4.69, 9.17) is 9.15 Å². The molecule has 4 rings (SSSR count). The number of carbonyl (C=O) groups is 2. The molecule has 1 aromatic rings. The van der Waals surface area contributed by atoms with Gasteiger partial charge in [0.25, 0.3) is 0 Å². The second-order valence-electron chi connectivity index (χ2n) is 7.95. The van der Waals surface area contributed by atoms with E-state index in [-0.39, 0.29) is 29.3 Å². The summed E-state index contributed by atoms with van der Waals surface area (Å²) in [5, 5.41) is 9.67. The molecule has 1 N–H and O–H groups in total. The standard InChI is InChI=1S/C20H22O5/c1-19-8-6-14-18(23)25-15(12-7-9-24-11-12)10-20(14,2)16(19)5-3-4-13(19)17(21)22/h3-5,7,9,11,14-16H,6,8,10H2,1-2H3,(H,21,22)/t14-,15-,16-,19-,20-/m0/s1. The van der Waals surface area contributed by atoms with Gasteiger partial charge in [0.05, 0.1) is 18.4 Å². The van der Waals surface area contributed by atoms with Gasteiger partial charge >= 0.3 is 11.9 Å². The summed E-state index contributed by atoms with van der Waals surface area (Å²) in [5.74, 6) is -1.27. The maximum absolute atomic E-state index is 12.7. The SMILES string of the molecule is C[C@]12C[C@@H](c3ccoc3)OC(=O)[C@@H]1CC[C@@]1(C)C(C(=O)O)=CC=C[C@H]21. The van der Waals surface area contributed by atoms with Gasteiger partial charge < -0.3 is 14.3 Å². The molecule has 5 heteroatoms. The fourth-order valence-electron chi connectivity index (χ4n) is 5.34. The second kappa shape index (κ2) is 5.35. The number of allylic oxidation sites excluding steroid dienone is 3. The molecule has 1 aliphatic heterocycles. The molecule has 3 aliphatic rings. The molecule has 1 saturated carbocycles. The van der Waals surface area contributed by atoms with E-state index in [1.807, 2.05) is 19.1 Å². The first-order valence-electron chi connectivity index (χ1n) is 8.71. The lowest BCUT2D eigenvalue weighted by Crippen LogP contribution is -2.55. The number of carboxylic acids is 1. The molecule has 0 radical (unpaired) electrons. The third kappa shape index (κ3) is 2.21. The summed E-state index contributed by atoms with van der Waals surface area (Å²) in [4.78, 5) is 24.5. The highest BCUT2D eigenvalue weighted by Gasteiger charge is 2.60. The Balaban J connectivity index is 1.75. The van der Waals surface area contributed by atoms with Gasteiger partial charge in [-0.25, -0.2) is 4.79 Å². The minimum atomic E-state index is -0.872. The van der Waals surface area contributed by atoms with Gasteiger partial charge in [0.1, 0.15) is 6.10 Å². The Hall–Kier alpha value is -2.30. The lowest BCUT2D eigenvalue weighted by Gasteiger charge is -2.57. The van der Waals surface area contributed by atoms with Gasteiger partial charge in [-0.05, 0) is 36.7 Å². The fraction of sp³-hybridized carbons (Fsp3) is 0.500. The average Bonchev–Trinajstić information content (AvgIpc) is 3.07. The van der Waals surface area contributed by atoms with E-state index in [1.165, 1.54) is 0 Å². The van der Waals surface area contributed by atoms with Crippen LogP contribution in [0.3, 0.4) is 0 Å². The van der Waals surface area contributed by atoms with Gasteiger partial charge in [0.15, 0.2) is 0 Å². The van der Waals surface area contributed by atoms with Gasteiger partial charge in [0.2, 0.25) is 0 Å². The number of carboxylic acid groups (broad SMARTS) is 1. The van der Waals surface area contributed by atoms with Crippen LogP contribution in [-0.4, -0.2) is 17.0 Å². The lowest BCUT2D eigenvalue weighted by atomic mass is 9.47. The van der Waals surface area contributed by atoms with E-state index >= 15 is 0 Å². The number of ether oxygens (including phenoxy) is 1. The minimum absolute atomic E-state index is 0.0166. The molecule has 5 atom stereocenters. The number of cyclic esters (lactones) is 1. The monoisotopic (exact) mass is 342 g/mol. The minimum Gasteiger partial charge on any atom is -0.478 e. The molecule has 0 bridgehead atoms.